The van der Waals surface area contributed by atoms with Gasteiger partial charge in [-0.05, 0) is 53.5 Å². The van der Waals surface area contributed by atoms with Crippen LogP contribution < -0.4 is 10.6 Å². The number of amides is 2. The van der Waals surface area contributed by atoms with E-state index in [0.717, 1.165) is 22.6 Å². The molecule has 3 N–H and O–H groups in total. The standard InChI is InChI=1S/C27H30N2O5S/c1-18(25(31)32)10-13-28-24(30)16-27(11-14-35-15-12-27)29-26(33)34-17-23-21-8-4-2-6-19(21)20-7-3-5-9-22(20)23/h2-10,23H,11-17H2,1H3,(H,28,30)(H,29,33)(H,31,32)/b18-10+. The highest BCUT2D eigenvalue weighted by Gasteiger charge is 2.37. The van der Waals surface area contributed by atoms with E-state index in [1.165, 1.54) is 24.1 Å². The summed E-state index contributed by atoms with van der Waals surface area (Å²) in [6.07, 6.45) is 2.40. The van der Waals surface area contributed by atoms with Crippen molar-refractivity contribution in [1.82, 2.24) is 10.6 Å². The monoisotopic (exact) mass is 494 g/mol. The molecule has 0 bridgehead atoms. The molecule has 2 amide bonds. The summed E-state index contributed by atoms with van der Waals surface area (Å²) in [4.78, 5) is 36.4. The van der Waals surface area contributed by atoms with Gasteiger partial charge < -0.3 is 20.5 Å². The topological polar surface area (TPSA) is 105 Å². The van der Waals surface area contributed by atoms with E-state index in [1.807, 2.05) is 24.3 Å². The van der Waals surface area contributed by atoms with Crippen molar-refractivity contribution in [2.45, 2.75) is 37.6 Å². The summed E-state index contributed by atoms with van der Waals surface area (Å²) in [5, 5.41) is 14.7. The van der Waals surface area contributed by atoms with Gasteiger partial charge in [-0.2, -0.15) is 11.8 Å². The average molecular weight is 495 g/mol. The van der Waals surface area contributed by atoms with E-state index in [1.54, 1.807) is 11.8 Å². The highest BCUT2D eigenvalue weighted by Crippen LogP contribution is 2.44. The minimum atomic E-state index is -1.02. The van der Waals surface area contributed by atoms with Crippen molar-refractivity contribution < 1.29 is 24.2 Å². The Bertz CT molecular complexity index is 1090. The Morgan fingerprint density at radius 3 is 2.26 bits per heavy atom. The number of rotatable bonds is 8. The van der Waals surface area contributed by atoms with Gasteiger partial charge in [0.25, 0.3) is 0 Å². The maximum absolute atomic E-state index is 12.9. The second kappa shape index (κ2) is 11.0. The number of carbonyl (C=O) groups is 3. The van der Waals surface area contributed by atoms with Crippen molar-refractivity contribution in [3.05, 3.63) is 71.3 Å². The van der Waals surface area contributed by atoms with Gasteiger partial charge in [0.1, 0.15) is 6.61 Å². The second-order valence-corrected chi connectivity index (χ2v) is 10.2. The molecular weight excluding hydrogens is 464 g/mol. The van der Waals surface area contributed by atoms with E-state index in [0.29, 0.717) is 12.8 Å². The summed E-state index contributed by atoms with van der Waals surface area (Å²) in [6, 6.07) is 16.4. The molecule has 8 heteroatoms. The zero-order chi connectivity index (χ0) is 24.8. The third kappa shape index (κ3) is 5.88. The summed E-state index contributed by atoms with van der Waals surface area (Å²) >= 11 is 1.80. The first-order valence-corrected chi connectivity index (χ1v) is 12.9. The predicted octanol–water partition coefficient (Wildman–Crippen LogP) is 4.33. The summed E-state index contributed by atoms with van der Waals surface area (Å²) in [6.45, 7) is 1.83. The summed E-state index contributed by atoms with van der Waals surface area (Å²) < 4.78 is 5.72. The number of benzene rings is 2. The van der Waals surface area contributed by atoms with Crippen molar-refractivity contribution in [3.8, 4) is 11.1 Å². The zero-order valence-electron chi connectivity index (χ0n) is 19.7. The molecule has 0 aromatic heterocycles. The number of thioether (sulfide) groups is 1. The van der Waals surface area contributed by atoms with Crippen LogP contribution in [0.4, 0.5) is 4.79 Å². The summed E-state index contributed by atoms with van der Waals surface area (Å²) in [5.41, 5.74) is 4.13. The Balaban J connectivity index is 1.38. The van der Waals surface area contributed by atoms with Crippen LogP contribution in [0, 0.1) is 0 Å². The Hall–Kier alpha value is -3.26. The number of hydrogen-bond acceptors (Lipinski definition) is 5. The van der Waals surface area contributed by atoms with E-state index >= 15 is 0 Å². The fraction of sp³-hybridized carbons (Fsp3) is 0.370. The van der Waals surface area contributed by atoms with Crippen molar-refractivity contribution in [1.29, 1.82) is 0 Å². The highest BCUT2D eigenvalue weighted by atomic mass is 32.2. The van der Waals surface area contributed by atoms with Gasteiger partial charge in [-0.15, -0.1) is 0 Å². The molecule has 184 valence electrons. The number of nitrogens with one attached hydrogen (secondary N) is 2. The van der Waals surface area contributed by atoms with Crippen molar-refractivity contribution in [2.24, 2.45) is 0 Å². The molecule has 2 aromatic rings. The number of alkyl carbamates (subject to hydrolysis) is 1. The maximum atomic E-state index is 12.9. The lowest BCUT2D eigenvalue weighted by molar-refractivity contribution is -0.132. The quantitative estimate of drug-likeness (QED) is 0.472. The number of carbonyl (C=O) groups excluding carboxylic acids is 2. The van der Waals surface area contributed by atoms with E-state index < -0.39 is 17.6 Å². The third-order valence-corrected chi connectivity index (χ3v) is 7.69. The van der Waals surface area contributed by atoms with Crippen LogP contribution in [-0.4, -0.2) is 53.3 Å². The molecule has 2 aromatic carbocycles. The number of carboxylic acid groups (broad SMARTS) is 1. The molecule has 1 fully saturated rings. The Labute approximate surface area is 209 Å². The highest BCUT2D eigenvalue weighted by molar-refractivity contribution is 7.99. The lowest BCUT2D eigenvalue weighted by Gasteiger charge is -2.37. The molecule has 0 atom stereocenters. The van der Waals surface area contributed by atoms with Crippen LogP contribution in [0.3, 0.4) is 0 Å². The lowest BCUT2D eigenvalue weighted by Crippen LogP contribution is -2.53. The molecule has 1 aliphatic carbocycles. The van der Waals surface area contributed by atoms with E-state index in [9.17, 15) is 14.4 Å². The molecular formula is C27H30N2O5S. The smallest absolute Gasteiger partial charge is 0.407 e. The van der Waals surface area contributed by atoms with Gasteiger partial charge in [0.2, 0.25) is 5.91 Å². The van der Waals surface area contributed by atoms with Gasteiger partial charge in [-0.3, -0.25) is 4.79 Å². The average Bonchev–Trinajstić information content (AvgIpc) is 3.16. The molecule has 1 saturated heterocycles. The first-order chi connectivity index (χ1) is 16.9. The fourth-order valence-electron chi connectivity index (χ4n) is 4.73. The maximum Gasteiger partial charge on any atom is 0.407 e. The SMILES string of the molecule is C/C(=C\CNC(=O)CC1(NC(=O)OCC2c3ccccc3-c3ccccc32)CCSCC1)C(=O)O. The van der Waals surface area contributed by atoms with Gasteiger partial charge in [0.15, 0.2) is 0 Å². The van der Waals surface area contributed by atoms with Crippen LogP contribution in [0.2, 0.25) is 0 Å². The van der Waals surface area contributed by atoms with E-state index in [4.69, 9.17) is 9.84 Å². The van der Waals surface area contributed by atoms with E-state index in [2.05, 4.69) is 34.9 Å². The Morgan fingerprint density at radius 2 is 1.66 bits per heavy atom. The van der Waals surface area contributed by atoms with Crippen molar-refractivity contribution in [2.75, 3.05) is 24.7 Å². The first kappa shape index (κ1) is 24.9. The normalized spacial score (nSPS) is 16.7. The summed E-state index contributed by atoms with van der Waals surface area (Å²) in [5.74, 6) is 0.407. The molecule has 0 radical (unpaired) electrons. The molecule has 7 nitrogen and oxygen atoms in total. The molecule has 2 aliphatic rings. The second-order valence-electron chi connectivity index (χ2n) is 9.02. The number of carboxylic acids is 1. The molecule has 1 heterocycles. The number of ether oxygens (including phenoxy) is 1. The molecule has 0 unspecified atom stereocenters. The molecule has 35 heavy (non-hydrogen) atoms. The lowest BCUT2D eigenvalue weighted by atomic mass is 9.88. The van der Waals surface area contributed by atoms with Gasteiger partial charge in [-0.25, -0.2) is 9.59 Å². The third-order valence-electron chi connectivity index (χ3n) is 6.70. The molecule has 1 aliphatic heterocycles. The predicted molar refractivity (Wildman–Crippen MR) is 137 cm³/mol. The van der Waals surface area contributed by atoms with Crippen LogP contribution >= 0.6 is 11.8 Å². The van der Waals surface area contributed by atoms with Gasteiger partial charge in [-0.1, -0.05) is 54.6 Å². The molecule has 4 rings (SSSR count). The zero-order valence-corrected chi connectivity index (χ0v) is 20.5. The fourth-order valence-corrected chi connectivity index (χ4v) is 6.01. The Kier molecular flexibility index (Phi) is 7.80. The van der Waals surface area contributed by atoms with Crippen LogP contribution in [0.15, 0.2) is 60.2 Å². The number of fused-ring (bicyclic) bond motifs is 3. The van der Waals surface area contributed by atoms with Crippen molar-refractivity contribution >= 4 is 29.7 Å². The minimum Gasteiger partial charge on any atom is -0.478 e. The van der Waals surface area contributed by atoms with Crippen molar-refractivity contribution in [3.63, 3.8) is 0 Å². The Morgan fingerprint density at radius 1 is 1.06 bits per heavy atom. The van der Waals surface area contributed by atoms with E-state index in [-0.39, 0.29) is 37.0 Å². The minimum absolute atomic E-state index is 0.0291. The van der Waals surface area contributed by atoms with Crippen LogP contribution in [0.1, 0.15) is 43.2 Å². The van der Waals surface area contributed by atoms with Crippen LogP contribution in [0.25, 0.3) is 11.1 Å². The van der Waals surface area contributed by atoms with Gasteiger partial charge in [0, 0.05) is 24.5 Å². The van der Waals surface area contributed by atoms with Gasteiger partial charge in [0.05, 0.1) is 5.54 Å². The number of hydrogen-bond donors (Lipinski definition) is 3. The summed E-state index contributed by atoms with van der Waals surface area (Å²) in [7, 11) is 0. The molecule has 0 spiro atoms. The molecule has 0 saturated carbocycles. The largest absolute Gasteiger partial charge is 0.478 e. The van der Waals surface area contributed by atoms with Gasteiger partial charge >= 0.3 is 12.1 Å². The first-order valence-electron chi connectivity index (χ1n) is 11.8. The van der Waals surface area contributed by atoms with Crippen LogP contribution in [-0.2, 0) is 14.3 Å². The van der Waals surface area contributed by atoms with Crippen LogP contribution in [0.5, 0.6) is 0 Å². The number of aliphatic carboxylic acids is 1.